The summed E-state index contributed by atoms with van der Waals surface area (Å²) >= 11 is 0. The fourth-order valence-electron chi connectivity index (χ4n) is 1.78. The molecule has 0 aromatic carbocycles. The Balaban J connectivity index is 2.15. The lowest BCUT2D eigenvalue weighted by atomic mass is 10.2. The highest BCUT2D eigenvalue weighted by Crippen LogP contribution is 2.14. The maximum atomic E-state index is 9.05. The van der Waals surface area contributed by atoms with Gasteiger partial charge in [-0.15, -0.1) is 0 Å². The normalized spacial score (nSPS) is 16.2. The van der Waals surface area contributed by atoms with Gasteiger partial charge in [0.05, 0.1) is 12.2 Å². The molecule has 0 spiro atoms. The van der Waals surface area contributed by atoms with Gasteiger partial charge in [0.25, 0.3) is 0 Å². The number of aromatic nitrogens is 2. The lowest BCUT2D eigenvalue weighted by Crippen LogP contribution is -2.11. The first-order valence-corrected chi connectivity index (χ1v) is 4.70. The summed E-state index contributed by atoms with van der Waals surface area (Å²) in [6.07, 6.45) is 5.61. The third kappa shape index (κ3) is 1.89. The molecule has 1 aromatic rings. The van der Waals surface area contributed by atoms with Crippen LogP contribution in [0.25, 0.3) is 0 Å². The van der Waals surface area contributed by atoms with Crippen LogP contribution in [0, 0.1) is 0 Å². The Hall–Kier alpha value is -0.870. The van der Waals surface area contributed by atoms with Crippen molar-refractivity contribution < 1.29 is 5.21 Å². The zero-order chi connectivity index (χ0) is 9.26. The van der Waals surface area contributed by atoms with Crippen molar-refractivity contribution in [1.82, 2.24) is 14.6 Å². The number of hydrogen-bond acceptors (Lipinski definition) is 3. The standard InChI is InChI=1S/C9H15N3O/c1-11(13)6-8-7-12-5-3-2-4-9(12)10-8/h7,13H,2-6H2,1H3. The molecule has 0 radical (unpaired) electrons. The molecule has 1 aliphatic heterocycles. The van der Waals surface area contributed by atoms with E-state index in [9.17, 15) is 0 Å². The van der Waals surface area contributed by atoms with E-state index >= 15 is 0 Å². The first-order valence-electron chi connectivity index (χ1n) is 4.70. The van der Waals surface area contributed by atoms with Crippen LogP contribution in [0.15, 0.2) is 6.20 Å². The molecule has 1 aliphatic rings. The first kappa shape index (κ1) is 8.72. The van der Waals surface area contributed by atoms with Gasteiger partial charge >= 0.3 is 0 Å². The molecule has 4 nitrogen and oxygen atoms in total. The second-order valence-electron chi connectivity index (χ2n) is 3.61. The van der Waals surface area contributed by atoms with Crippen molar-refractivity contribution in [3.8, 4) is 0 Å². The van der Waals surface area contributed by atoms with Gasteiger partial charge in [-0.3, -0.25) is 0 Å². The first-order chi connectivity index (χ1) is 6.25. The van der Waals surface area contributed by atoms with Crippen molar-refractivity contribution >= 4 is 0 Å². The molecule has 0 unspecified atom stereocenters. The Morgan fingerprint density at radius 1 is 1.62 bits per heavy atom. The number of rotatable bonds is 2. The van der Waals surface area contributed by atoms with Crippen molar-refractivity contribution in [3.63, 3.8) is 0 Å². The van der Waals surface area contributed by atoms with E-state index in [1.807, 2.05) is 6.20 Å². The SMILES string of the molecule is CN(O)Cc1cn2c(n1)CCCC2. The van der Waals surface area contributed by atoms with Crippen molar-refractivity contribution in [3.05, 3.63) is 17.7 Å². The number of imidazole rings is 1. The second kappa shape index (κ2) is 3.47. The molecule has 0 saturated carbocycles. The van der Waals surface area contributed by atoms with Gasteiger partial charge < -0.3 is 9.77 Å². The fraction of sp³-hybridized carbons (Fsp3) is 0.667. The lowest BCUT2D eigenvalue weighted by Gasteiger charge is -2.11. The molecule has 1 N–H and O–H groups in total. The highest BCUT2D eigenvalue weighted by molar-refractivity contribution is 5.05. The van der Waals surface area contributed by atoms with Gasteiger partial charge in [0.1, 0.15) is 5.82 Å². The van der Waals surface area contributed by atoms with E-state index in [1.54, 1.807) is 7.05 Å². The van der Waals surface area contributed by atoms with E-state index in [-0.39, 0.29) is 0 Å². The van der Waals surface area contributed by atoms with Crippen LogP contribution >= 0.6 is 0 Å². The Bertz CT molecular complexity index is 270. The van der Waals surface area contributed by atoms with Crippen molar-refractivity contribution in [2.24, 2.45) is 0 Å². The largest absolute Gasteiger partial charge is 0.335 e. The number of aryl methyl sites for hydroxylation is 2. The van der Waals surface area contributed by atoms with E-state index in [2.05, 4.69) is 9.55 Å². The van der Waals surface area contributed by atoms with Crippen LogP contribution in [0.1, 0.15) is 24.4 Å². The van der Waals surface area contributed by atoms with Gasteiger partial charge in [0.15, 0.2) is 0 Å². The average molecular weight is 181 g/mol. The summed E-state index contributed by atoms with van der Waals surface area (Å²) in [4.78, 5) is 4.45. The predicted molar refractivity (Wildman–Crippen MR) is 48.4 cm³/mol. The molecule has 0 fully saturated rings. The molecule has 72 valence electrons. The topological polar surface area (TPSA) is 41.3 Å². The third-order valence-corrected chi connectivity index (χ3v) is 2.35. The quantitative estimate of drug-likeness (QED) is 0.693. The van der Waals surface area contributed by atoms with Gasteiger partial charge in [-0.1, -0.05) is 0 Å². The van der Waals surface area contributed by atoms with Crippen LogP contribution in [-0.2, 0) is 19.5 Å². The van der Waals surface area contributed by atoms with E-state index < -0.39 is 0 Å². The molecule has 13 heavy (non-hydrogen) atoms. The minimum absolute atomic E-state index is 0.514. The molecule has 1 aromatic heterocycles. The lowest BCUT2D eigenvalue weighted by molar-refractivity contribution is -0.0740. The Labute approximate surface area is 77.8 Å². The zero-order valence-corrected chi connectivity index (χ0v) is 7.90. The maximum absolute atomic E-state index is 9.05. The van der Waals surface area contributed by atoms with E-state index in [0.29, 0.717) is 6.54 Å². The van der Waals surface area contributed by atoms with E-state index in [1.165, 1.54) is 18.7 Å². The summed E-state index contributed by atoms with van der Waals surface area (Å²) in [5.41, 5.74) is 0.960. The molecule has 4 heteroatoms. The van der Waals surface area contributed by atoms with Crippen LogP contribution < -0.4 is 0 Å². The number of fused-ring (bicyclic) bond motifs is 1. The summed E-state index contributed by atoms with van der Waals surface area (Å²) in [7, 11) is 1.64. The van der Waals surface area contributed by atoms with Gasteiger partial charge in [-0.2, -0.15) is 5.06 Å². The average Bonchev–Trinajstić information content (AvgIpc) is 2.44. The van der Waals surface area contributed by atoms with Crippen LogP contribution in [0.3, 0.4) is 0 Å². The minimum atomic E-state index is 0.514. The minimum Gasteiger partial charge on any atom is -0.335 e. The fourth-order valence-corrected chi connectivity index (χ4v) is 1.78. The highest BCUT2D eigenvalue weighted by Gasteiger charge is 2.12. The second-order valence-corrected chi connectivity index (χ2v) is 3.61. The van der Waals surface area contributed by atoms with Crippen molar-refractivity contribution in [1.29, 1.82) is 0 Å². The molecule has 2 heterocycles. The van der Waals surface area contributed by atoms with Gasteiger partial charge in [0.2, 0.25) is 0 Å². The number of hydroxylamine groups is 2. The molecular weight excluding hydrogens is 166 g/mol. The molecular formula is C9H15N3O. The molecule has 0 bridgehead atoms. The number of nitrogens with zero attached hydrogens (tertiary/aromatic N) is 3. The Morgan fingerprint density at radius 3 is 3.15 bits per heavy atom. The van der Waals surface area contributed by atoms with Gasteiger partial charge in [-0.25, -0.2) is 4.98 Å². The highest BCUT2D eigenvalue weighted by atomic mass is 16.5. The van der Waals surface area contributed by atoms with Crippen LogP contribution in [0.5, 0.6) is 0 Å². The Kier molecular flexibility index (Phi) is 2.33. The van der Waals surface area contributed by atoms with E-state index in [4.69, 9.17) is 5.21 Å². The summed E-state index contributed by atoms with van der Waals surface area (Å²) in [6, 6.07) is 0. The van der Waals surface area contributed by atoms with Gasteiger partial charge in [0, 0.05) is 26.2 Å². The Morgan fingerprint density at radius 2 is 2.46 bits per heavy atom. The third-order valence-electron chi connectivity index (χ3n) is 2.35. The molecule has 2 rings (SSSR count). The monoisotopic (exact) mass is 181 g/mol. The summed E-state index contributed by atoms with van der Waals surface area (Å²) in [5.74, 6) is 1.17. The summed E-state index contributed by atoms with van der Waals surface area (Å²) < 4.78 is 2.20. The van der Waals surface area contributed by atoms with Crippen LogP contribution in [-0.4, -0.2) is 26.9 Å². The summed E-state index contributed by atoms with van der Waals surface area (Å²) in [5, 5.41) is 10.2. The van der Waals surface area contributed by atoms with Crippen molar-refractivity contribution in [2.45, 2.75) is 32.4 Å². The smallest absolute Gasteiger partial charge is 0.109 e. The maximum Gasteiger partial charge on any atom is 0.109 e. The number of hydrogen-bond donors (Lipinski definition) is 1. The van der Waals surface area contributed by atoms with Gasteiger partial charge in [-0.05, 0) is 12.8 Å². The van der Waals surface area contributed by atoms with E-state index in [0.717, 1.165) is 23.7 Å². The van der Waals surface area contributed by atoms with Crippen molar-refractivity contribution in [2.75, 3.05) is 7.05 Å². The zero-order valence-electron chi connectivity index (χ0n) is 7.90. The molecule has 0 atom stereocenters. The summed E-state index contributed by atoms with van der Waals surface area (Å²) in [6.45, 7) is 1.59. The molecule has 0 saturated heterocycles. The van der Waals surface area contributed by atoms with Crippen LogP contribution in [0.2, 0.25) is 0 Å². The molecule has 0 amide bonds. The molecule has 0 aliphatic carbocycles. The predicted octanol–water partition coefficient (Wildman–Crippen LogP) is 1.04. The van der Waals surface area contributed by atoms with Crippen LogP contribution in [0.4, 0.5) is 0 Å².